The van der Waals surface area contributed by atoms with Crippen LogP contribution in [0.25, 0.3) is 0 Å². The Balaban J connectivity index is 2.25. The summed E-state index contributed by atoms with van der Waals surface area (Å²) in [5.74, 6) is 0.912. The zero-order valence-corrected chi connectivity index (χ0v) is 9.10. The molecule has 1 fully saturated rings. The topological polar surface area (TPSA) is 39.9 Å². The summed E-state index contributed by atoms with van der Waals surface area (Å²) in [6, 6.07) is 2.23. The fourth-order valence-electron chi connectivity index (χ4n) is 1.81. The van der Waals surface area contributed by atoms with Gasteiger partial charge in [0.15, 0.2) is 5.82 Å². The number of rotatable bonds is 1. The summed E-state index contributed by atoms with van der Waals surface area (Å²) in [5.41, 5.74) is 0. The zero-order valence-electron chi connectivity index (χ0n) is 8.29. The van der Waals surface area contributed by atoms with Crippen molar-refractivity contribution in [1.29, 1.82) is 5.26 Å². The van der Waals surface area contributed by atoms with Crippen LogP contribution in [0.1, 0.15) is 29.1 Å². The molecular formula is C10H13N3S. The highest BCUT2D eigenvalue weighted by atomic mass is 32.1. The predicted octanol–water partition coefficient (Wildman–Crippen LogP) is 2.31. The highest BCUT2D eigenvalue weighted by molar-refractivity contribution is 7.12. The molecule has 4 heteroatoms. The average molecular weight is 207 g/mol. The molecule has 14 heavy (non-hydrogen) atoms. The first-order valence-electron chi connectivity index (χ1n) is 4.94. The van der Waals surface area contributed by atoms with Crippen LogP contribution >= 0.6 is 11.3 Å². The van der Waals surface area contributed by atoms with E-state index in [1.165, 1.54) is 30.6 Å². The zero-order chi connectivity index (χ0) is 9.97. The Bertz CT molecular complexity index is 358. The van der Waals surface area contributed by atoms with Gasteiger partial charge in [0.05, 0.1) is 5.01 Å². The normalized spacial score (nSPS) is 16.7. The molecule has 3 nitrogen and oxygen atoms in total. The van der Waals surface area contributed by atoms with Crippen molar-refractivity contribution in [1.82, 2.24) is 4.98 Å². The average Bonchev–Trinajstić information content (AvgIpc) is 2.61. The fraction of sp³-hybridized carbons (Fsp3) is 0.600. The lowest BCUT2D eigenvalue weighted by Gasteiger charge is -2.26. The van der Waals surface area contributed by atoms with Crippen molar-refractivity contribution in [3.63, 3.8) is 0 Å². The highest BCUT2D eigenvalue weighted by Crippen LogP contribution is 2.27. The van der Waals surface area contributed by atoms with E-state index in [0.29, 0.717) is 0 Å². The number of nitrogens with zero attached hydrogens (tertiary/aromatic N) is 3. The largest absolute Gasteiger partial charge is 0.355 e. The maximum atomic E-state index is 8.96. The van der Waals surface area contributed by atoms with E-state index < -0.39 is 0 Å². The van der Waals surface area contributed by atoms with E-state index in [9.17, 15) is 0 Å². The Morgan fingerprint density at radius 1 is 1.36 bits per heavy atom. The lowest BCUT2D eigenvalue weighted by molar-refractivity contribution is 0.574. The Morgan fingerprint density at radius 2 is 2.07 bits per heavy atom. The lowest BCUT2D eigenvalue weighted by Crippen LogP contribution is -2.30. The van der Waals surface area contributed by atoms with Crippen LogP contribution in [0, 0.1) is 18.3 Å². The number of aryl methyl sites for hydroxylation is 1. The molecule has 1 aliphatic rings. The summed E-state index contributed by atoms with van der Waals surface area (Å²) >= 11 is 1.49. The van der Waals surface area contributed by atoms with E-state index in [2.05, 4.69) is 16.0 Å². The van der Waals surface area contributed by atoms with Crippen LogP contribution in [0.15, 0.2) is 0 Å². The Morgan fingerprint density at radius 3 is 2.71 bits per heavy atom. The summed E-state index contributed by atoms with van der Waals surface area (Å²) in [6.07, 6.45) is 3.75. The first-order valence-corrected chi connectivity index (χ1v) is 5.75. The second kappa shape index (κ2) is 3.97. The molecule has 0 N–H and O–H groups in total. The van der Waals surface area contributed by atoms with Crippen molar-refractivity contribution in [2.24, 2.45) is 0 Å². The van der Waals surface area contributed by atoms with Crippen molar-refractivity contribution >= 4 is 17.2 Å². The summed E-state index contributed by atoms with van der Waals surface area (Å²) in [6.45, 7) is 4.06. The summed E-state index contributed by atoms with van der Waals surface area (Å²) in [5, 5.41) is 9.94. The molecule has 1 aromatic rings. The monoisotopic (exact) mass is 207 g/mol. The molecule has 0 radical (unpaired) electrons. The molecular weight excluding hydrogens is 194 g/mol. The molecule has 0 aromatic carbocycles. The van der Waals surface area contributed by atoms with Gasteiger partial charge in [0, 0.05) is 13.1 Å². The van der Waals surface area contributed by atoms with E-state index in [1.807, 2.05) is 6.92 Å². The number of anilines is 1. The van der Waals surface area contributed by atoms with Crippen LogP contribution in [0.2, 0.25) is 0 Å². The third kappa shape index (κ3) is 1.73. The summed E-state index contributed by atoms with van der Waals surface area (Å²) in [7, 11) is 0. The first kappa shape index (κ1) is 9.47. The Kier molecular flexibility index (Phi) is 2.69. The quantitative estimate of drug-likeness (QED) is 0.709. The van der Waals surface area contributed by atoms with Gasteiger partial charge >= 0.3 is 0 Å². The standard InChI is InChI=1S/C10H13N3S/c1-8-12-10(9(7-11)14-8)13-5-3-2-4-6-13/h2-6H2,1H3. The van der Waals surface area contributed by atoms with E-state index in [-0.39, 0.29) is 0 Å². The van der Waals surface area contributed by atoms with Crippen LogP contribution < -0.4 is 4.90 Å². The lowest BCUT2D eigenvalue weighted by atomic mass is 10.1. The molecule has 0 saturated carbocycles. The Labute approximate surface area is 88.0 Å². The van der Waals surface area contributed by atoms with Gasteiger partial charge in [-0.05, 0) is 26.2 Å². The van der Waals surface area contributed by atoms with Gasteiger partial charge in [-0.3, -0.25) is 0 Å². The van der Waals surface area contributed by atoms with Crippen LogP contribution in [0.4, 0.5) is 5.82 Å². The minimum absolute atomic E-state index is 0.768. The smallest absolute Gasteiger partial charge is 0.158 e. The summed E-state index contributed by atoms with van der Waals surface area (Å²) < 4.78 is 0. The van der Waals surface area contributed by atoms with Gasteiger partial charge in [0.25, 0.3) is 0 Å². The molecule has 1 aromatic heterocycles. The van der Waals surface area contributed by atoms with E-state index >= 15 is 0 Å². The van der Waals surface area contributed by atoms with Gasteiger partial charge in [0.1, 0.15) is 10.9 Å². The van der Waals surface area contributed by atoms with Crippen molar-refractivity contribution in [2.75, 3.05) is 18.0 Å². The number of thiazole rings is 1. The molecule has 0 aliphatic carbocycles. The van der Waals surface area contributed by atoms with Gasteiger partial charge in [-0.2, -0.15) is 5.26 Å². The van der Waals surface area contributed by atoms with E-state index in [1.54, 1.807) is 0 Å². The van der Waals surface area contributed by atoms with Gasteiger partial charge in [-0.1, -0.05) is 0 Å². The number of aromatic nitrogens is 1. The second-order valence-electron chi connectivity index (χ2n) is 3.55. The summed E-state index contributed by atoms with van der Waals surface area (Å²) in [4.78, 5) is 7.44. The maximum absolute atomic E-state index is 8.96. The van der Waals surface area contributed by atoms with E-state index in [0.717, 1.165) is 28.8 Å². The Hall–Kier alpha value is -1.08. The van der Waals surface area contributed by atoms with Crippen LogP contribution in [0.5, 0.6) is 0 Å². The maximum Gasteiger partial charge on any atom is 0.158 e. The fourth-order valence-corrected chi connectivity index (χ4v) is 2.55. The van der Waals surface area contributed by atoms with Gasteiger partial charge in [-0.25, -0.2) is 4.98 Å². The van der Waals surface area contributed by atoms with Gasteiger partial charge in [-0.15, -0.1) is 11.3 Å². The number of nitriles is 1. The molecule has 1 aliphatic heterocycles. The highest BCUT2D eigenvalue weighted by Gasteiger charge is 2.17. The molecule has 0 atom stereocenters. The molecule has 2 heterocycles. The van der Waals surface area contributed by atoms with Gasteiger partial charge in [0.2, 0.25) is 0 Å². The van der Waals surface area contributed by atoms with Crippen molar-refractivity contribution < 1.29 is 0 Å². The minimum Gasteiger partial charge on any atom is -0.355 e. The molecule has 0 bridgehead atoms. The molecule has 0 unspecified atom stereocenters. The minimum atomic E-state index is 0.768. The SMILES string of the molecule is Cc1nc(N2CCCCC2)c(C#N)s1. The van der Waals surface area contributed by atoms with E-state index in [4.69, 9.17) is 5.26 Å². The van der Waals surface area contributed by atoms with Crippen molar-refractivity contribution in [2.45, 2.75) is 26.2 Å². The van der Waals surface area contributed by atoms with Crippen LogP contribution in [-0.4, -0.2) is 18.1 Å². The number of hydrogen-bond acceptors (Lipinski definition) is 4. The first-order chi connectivity index (χ1) is 6.81. The molecule has 0 spiro atoms. The molecule has 0 amide bonds. The molecule has 2 rings (SSSR count). The number of hydrogen-bond donors (Lipinski definition) is 0. The third-order valence-corrected chi connectivity index (χ3v) is 3.34. The number of piperidine rings is 1. The van der Waals surface area contributed by atoms with Crippen LogP contribution in [0.3, 0.4) is 0 Å². The van der Waals surface area contributed by atoms with Crippen LogP contribution in [-0.2, 0) is 0 Å². The molecule has 1 saturated heterocycles. The van der Waals surface area contributed by atoms with Gasteiger partial charge < -0.3 is 4.90 Å². The van der Waals surface area contributed by atoms with Crippen molar-refractivity contribution in [3.8, 4) is 6.07 Å². The predicted molar refractivity (Wildman–Crippen MR) is 57.6 cm³/mol. The molecule has 74 valence electrons. The van der Waals surface area contributed by atoms with Crippen molar-refractivity contribution in [3.05, 3.63) is 9.88 Å². The second-order valence-corrected chi connectivity index (χ2v) is 4.75. The third-order valence-electron chi connectivity index (χ3n) is 2.47.